The van der Waals surface area contributed by atoms with Crippen molar-refractivity contribution >= 4 is 26.8 Å². The number of para-hydroxylation sites is 1. The van der Waals surface area contributed by atoms with Gasteiger partial charge < -0.3 is 0 Å². The van der Waals surface area contributed by atoms with E-state index in [1.807, 2.05) is 6.07 Å². The average Bonchev–Trinajstić information content (AvgIpc) is 2.27. The summed E-state index contributed by atoms with van der Waals surface area (Å²) in [5, 5.41) is 2.13. The molecule has 0 amide bonds. The highest BCUT2D eigenvalue weighted by Crippen LogP contribution is 2.23. The van der Waals surface area contributed by atoms with Crippen molar-refractivity contribution in [2.24, 2.45) is 0 Å². The number of aromatic nitrogens is 1. The van der Waals surface area contributed by atoms with E-state index in [4.69, 9.17) is 0 Å². The topological polar surface area (TPSA) is 12.9 Å². The Kier molecular flexibility index (Phi) is 3.06. The predicted molar refractivity (Wildman–Crippen MR) is 68.5 cm³/mol. The van der Waals surface area contributed by atoms with Gasteiger partial charge in [0, 0.05) is 16.4 Å². The van der Waals surface area contributed by atoms with Crippen molar-refractivity contribution in [2.75, 3.05) is 0 Å². The van der Waals surface area contributed by atoms with Crippen LogP contribution in [0.1, 0.15) is 31.0 Å². The molecule has 0 aliphatic heterocycles. The molecule has 2 rings (SSSR count). The van der Waals surface area contributed by atoms with Gasteiger partial charge >= 0.3 is 0 Å². The van der Waals surface area contributed by atoms with E-state index >= 15 is 0 Å². The third-order valence-corrected chi connectivity index (χ3v) is 3.16. The summed E-state index contributed by atoms with van der Waals surface area (Å²) >= 11 is 3.53. The third-order valence-electron chi connectivity index (χ3n) is 2.56. The van der Waals surface area contributed by atoms with Gasteiger partial charge in [-0.25, -0.2) is 0 Å². The number of halogens is 1. The minimum absolute atomic E-state index is 0.479. The van der Waals surface area contributed by atoms with E-state index < -0.39 is 0 Å². The van der Waals surface area contributed by atoms with Crippen LogP contribution in [0.2, 0.25) is 0 Å². The first-order valence-electron chi connectivity index (χ1n) is 5.17. The summed E-state index contributed by atoms with van der Waals surface area (Å²) in [7, 11) is 0. The molecule has 1 heterocycles. The summed E-state index contributed by atoms with van der Waals surface area (Å²) in [5.74, 6) is 0.479. The molecule has 0 spiro atoms. The first-order chi connectivity index (χ1) is 7.22. The van der Waals surface area contributed by atoms with Crippen LogP contribution in [0.25, 0.3) is 10.9 Å². The van der Waals surface area contributed by atoms with E-state index in [0.29, 0.717) is 5.92 Å². The second kappa shape index (κ2) is 4.31. The molecule has 0 aliphatic carbocycles. The van der Waals surface area contributed by atoms with Gasteiger partial charge in [-0.3, -0.25) is 4.98 Å². The molecule has 1 aromatic carbocycles. The number of alkyl halides is 1. The van der Waals surface area contributed by atoms with Gasteiger partial charge in [0.05, 0.1) is 5.52 Å². The minimum atomic E-state index is 0.479. The Morgan fingerprint density at radius 2 is 2.00 bits per heavy atom. The monoisotopic (exact) mass is 263 g/mol. The summed E-state index contributed by atoms with van der Waals surface area (Å²) in [5.41, 5.74) is 3.59. The van der Waals surface area contributed by atoms with Gasteiger partial charge in [-0.1, -0.05) is 48.0 Å². The molecule has 2 heteroatoms. The number of rotatable bonds is 2. The lowest BCUT2D eigenvalue weighted by Crippen LogP contribution is -1.95. The molecule has 0 unspecified atom stereocenters. The quantitative estimate of drug-likeness (QED) is 0.739. The lowest BCUT2D eigenvalue weighted by molar-refractivity contribution is 0.828. The van der Waals surface area contributed by atoms with E-state index in [1.54, 1.807) is 0 Å². The summed E-state index contributed by atoms with van der Waals surface area (Å²) in [6, 6.07) is 10.5. The lowest BCUT2D eigenvalue weighted by Gasteiger charge is -2.09. The van der Waals surface area contributed by atoms with Gasteiger partial charge in [-0.15, -0.1) is 0 Å². The number of benzene rings is 1. The second-order valence-corrected chi connectivity index (χ2v) is 4.57. The molecule has 78 valence electrons. The van der Waals surface area contributed by atoms with E-state index in [0.717, 1.165) is 10.8 Å². The normalized spacial score (nSPS) is 11.2. The van der Waals surface area contributed by atoms with Crippen molar-refractivity contribution in [3.05, 3.63) is 41.6 Å². The van der Waals surface area contributed by atoms with Crippen molar-refractivity contribution in [3.8, 4) is 0 Å². The van der Waals surface area contributed by atoms with Crippen LogP contribution >= 0.6 is 15.9 Å². The zero-order chi connectivity index (χ0) is 10.8. The summed E-state index contributed by atoms with van der Waals surface area (Å²) in [4.78, 5) is 4.66. The molecule has 0 aliphatic rings. The maximum absolute atomic E-state index is 4.66. The fourth-order valence-corrected chi connectivity index (χ4v) is 2.14. The first-order valence-corrected chi connectivity index (χ1v) is 6.29. The smallest absolute Gasteiger partial charge is 0.0708 e. The highest BCUT2D eigenvalue weighted by atomic mass is 79.9. The van der Waals surface area contributed by atoms with Crippen molar-refractivity contribution < 1.29 is 0 Å². The van der Waals surface area contributed by atoms with Gasteiger partial charge in [-0.2, -0.15) is 0 Å². The standard InChI is InChI=1S/C13H14BrN/c1-9(2)13-7-10(8-14)11-5-3-4-6-12(11)15-13/h3-7,9H,8H2,1-2H3. The fourth-order valence-electron chi connectivity index (χ4n) is 1.68. The highest BCUT2D eigenvalue weighted by Gasteiger charge is 2.06. The predicted octanol–water partition coefficient (Wildman–Crippen LogP) is 4.25. The SMILES string of the molecule is CC(C)c1cc(CBr)c2ccccc2n1. The van der Waals surface area contributed by atoms with Crippen LogP contribution in [0.5, 0.6) is 0 Å². The molecule has 0 fully saturated rings. The van der Waals surface area contributed by atoms with E-state index in [2.05, 4.69) is 59.0 Å². The van der Waals surface area contributed by atoms with E-state index in [-0.39, 0.29) is 0 Å². The van der Waals surface area contributed by atoms with Crippen LogP contribution in [-0.2, 0) is 5.33 Å². The van der Waals surface area contributed by atoms with Crippen molar-refractivity contribution in [2.45, 2.75) is 25.1 Å². The van der Waals surface area contributed by atoms with E-state index in [9.17, 15) is 0 Å². The number of pyridine rings is 1. The van der Waals surface area contributed by atoms with E-state index in [1.165, 1.54) is 16.6 Å². The van der Waals surface area contributed by atoms with Crippen molar-refractivity contribution in [1.82, 2.24) is 4.98 Å². The molecular formula is C13H14BrN. The van der Waals surface area contributed by atoms with Crippen LogP contribution in [0.15, 0.2) is 30.3 Å². The Hall–Kier alpha value is -0.890. The maximum atomic E-state index is 4.66. The van der Waals surface area contributed by atoms with Crippen LogP contribution in [0.4, 0.5) is 0 Å². The van der Waals surface area contributed by atoms with Crippen LogP contribution in [0.3, 0.4) is 0 Å². The molecule has 0 bridgehead atoms. The molecule has 0 N–H and O–H groups in total. The number of hydrogen-bond donors (Lipinski definition) is 0. The molecule has 0 saturated heterocycles. The lowest BCUT2D eigenvalue weighted by atomic mass is 10.0. The Labute approximate surface area is 98.7 Å². The van der Waals surface area contributed by atoms with Gasteiger partial charge in [0.2, 0.25) is 0 Å². The number of nitrogens with zero attached hydrogens (tertiary/aromatic N) is 1. The van der Waals surface area contributed by atoms with Crippen LogP contribution in [0, 0.1) is 0 Å². The average molecular weight is 264 g/mol. The third kappa shape index (κ3) is 2.05. The molecule has 2 aromatic rings. The molecule has 0 saturated carbocycles. The van der Waals surface area contributed by atoms with Crippen LogP contribution in [-0.4, -0.2) is 4.98 Å². The molecule has 0 radical (unpaired) electrons. The Morgan fingerprint density at radius 3 is 2.67 bits per heavy atom. The van der Waals surface area contributed by atoms with Gasteiger partial charge in [0.25, 0.3) is 0 Å². The summed E-state index contributed by atoms with van der Waals surface area (Å²) in [6.07, 6.45) is 0. The Balaban J connectivity index is 2.71. The Bertz CT molecular complexity index is 477. The van der Waals surface area contributed by atoms with Gasteiger partial charge in [-0.05, 0) is 23.6 Å². The van der Waals surface area contributed by atoms with Crippen LogP contribution < -0.4 is 0 Å². The molecule has 15 heavy (non-hydrogen) atoms. The fraction of sp³-hybridized carbons (Fsp3) is 0.308. The van der Waals surface area contributed by atoms with Crippen molar-refractivity contribution in [1.29, 1.82) is 0 Å². The zero-order valence-corrected chi connectivity index (χ0v) is 10.6. The molecular weight excluding hydrogens is 250 g/mol. The summed E-state index contributed by atoms with van der Waals surface area (Å²) in [6.45, 7) is 4.35. The first kappa shape index (κ1) is 10.6. The Morgan fingerprint density at radius 1 is 1.27 bits per heavy atom. The molecule has 0 atom stereocenters. The minimum Gasteiger partial charge on any atom is -0.253 e. The summed E-state index contributed by atoms with van der Waals surface area (Å²) < 4.78 is 0. The van der Waals surface area contributed by atoms with Crippen molar-refractivity contribution in [3.63, 3.8) is 0 Å². The number of hydrogen-bond acceptors (Lipinski definition) is 1. The number of fused-ring (bicyclic) bond motifs is 1. The largest absolute Gasteiger partial charge is 0.253 e. The van der Waals surface area contributed by atoms with Gasteiger partial charge in [0.15, 0.2) is 0 Å². The van der Waals surface area contributed by atoms with Gasteiger partial charge in [0.1, 0.15) is 0 Å². The molecule has 1 nitrogen and oxygen atoms in total. The molecule has 1 aromatic heterocycles. The highest BCUT2D eigenvalue weighted by molar-refractivity contribution is 9.08. The second-order valence-electron chi connectivity index (χ2n) is 4.01. The zero-order valence-electron chi connectivity index (χ0n) is 9.00. The maximum Gasteiger partial charge on any atom is 0.0708 e.